The molecule has 0 saturated carbocycles. The summed E-state index contributed by atoms with van der Waals surface area (Å²) >= 11 is 3.53. The van der Waals surface area contributed by atoms with E-state index in [-0.39, 0.29) is 24.0 Å². The van der Waals surface area contributed by atoms with Crippen LogP contribution in [0, 0.1) is 0 Å². The van der Waals surface area contributed by atoms with Crippen LogP contribution in [0.5, 0.6) is 11.5 Å². The van der Waals surface area contributed by atoms with Crippen molar-refractivity contribution in [3.63, 3.8) is 0 Å². The van der Waals surface area contributed by atoms with Gasteiger partial charge in [0.2, 0.25) is 0 Å². The number of halogens is 2. The van der Waals surface area contributed by atoms with Crippen LogP contribution in [0.2, 0.25) is 0 Å². The van der Waals surface area contributed by atoms with E-state index in [4.69, 9.17) is 19.2 Å². The Morgan fingerprint density at radius 3 is 2.57 bits per heavy atom. The van der Waals surface area contributed by atoms with E-state index in [9.17, 15) is 0 Å². The molecule has 1 heterocycles. The first kappa shape index (κ1) is 25.3. The molecule has 2 N–H and O–H groups in total. The molecule has 2 rings (SSSR count). The standard InChI is InChI=1S/C19H31BrN4O3.HI/c1-5-21-19(22-12-14(2)24-6-8-27-9-7-24)23-13-15-10-16(20)18(26-4)17(11-15)25-3;/h10-11,14H,5-9,12-13H2,1-4H3,(H2,21,22,23);1H. The number of hydrogen-bond acceptors (Lipinski definition) is 5. The zero-order chi connectivity index (χ0) is 19.6. The summed E-state index contributed by atoms with van der Waals surface area (Å²) in [6, 6.07) is 4.38. The van der Waals surface area contributed by atoms with Crippen LogP contribution in [0.4, 0.5) is 0 Å². The molecule has 0 aromatic heterocycles. The summed E-state index contributed by atoms with van der Waals surface area (Å²) in [6.45, 7) is 10.1. The molecule has 1 fully saturated rings. The van der Waals surface area contributed by atoms with E-state index in [2.05, 4.69) is 45.3 Å². The van der Waals surface area contributed by atoms with Crippen LogP contribution in [0.3, 0.4) is 0 Å². The van der Waals surface area contributed by atoms with Crippen LogP contribution in [0.25, 0.3) is 0 Å². The fourth-order valence-electron chi connectivity index (χ4n) is 2.97. The summed E-state index contributed by atoms with van der Waals surface area (Å²) in [4.78, 5) is 7.14. The van der Waals surface area contributed by atoms with Crippen molar-refractivity contribution in [2.75, 3.05) is 53.6 Å². The maximum absolute atomic E-state index is 5.43. The number of aliphatic imine (C=N–C) groups is 1. The highest BCUT2D eigenvalue weighted by Gasteiger charge is 2.17. The molecule has 0 spiro atoms. The number of hydrogen-bond donors (Lipinski definition) is 2. The van der Waals surface area contributed by atoms with Crippen molar-refractivity contribution < 1.29 is 14.2 Å². The lowest BCUT2D eigenvalue weighted by molar-refractivity contribution is 0.0211. The van der Waals surface area contributed by atoms with Gasteiger partial charge in [-0.25, -0.2) is 4.99 Å². The highest BCUT2D eigenvalue weighted by molar-refractivity contribution is 14.0. The molecule has 1 atom stereocenters. The van der Waals surface area contributed by atoms with Gasteiger partial charge in [0.1, 0.15) is 0 Å². The zero-order valence-electron chi connectivity index (χ0n) is 17.1. The Morgan fingerprint density at radius 2 is 1.96 bits per heavy atom. The second-order valence-electron chi connectivity index (χ2n) is 6.39. The minimum atomic E-state index is 0. The van der Waals surface area contributed by atoms with Gasteiger partial charge in [0.25, 0.3) is 0 Å². The molecule has 1 aliphatic rings. The van der Waals surface area contributed by atoms with Crippen molar-refractivity contribution in [1.29, 1.82) is 0 Å². The Kier molecular flexibility index (Phi) is 12.1. The van der Waals surface area contributed by atoms with Crippen LogP contribution in [-0.4, -0.2) is 70.5 Å². The average Bonchev–Trinajstić information content (AvgIpc) is 2.69. The lowest BCUT2D eigenvalue weighted by Gasteiger charge is -2.32. The molecule has 1 unspecified atom stereocenters. The molecule has 1 aromatic carbocycles. The van der Waals surface area contributed by atoms with E-state index in [1.807, 2.05) is 12.1 Å². The maximum atomic E-state index is 5.43. The van der Waals surface area contributed by atoms with Crippen molar-refractivity contribution >= 4 is 45.9 Å². The van der Waals surface area contributed by atoms with Gasteiger partial charge >= 0.3 is 0 Å². The second-order valence-corrected chi connectivity index (χ2v) is 7.24. The average molecular weight is 571 g/mol. The monoisotopic (exact) mass is 570 g/mol. The quantitative estimate of drug-likeness (QED) is 0.285. The molecule has 160 valence electrons. The number of guanidine groups is 1. The Bertz CT molecular complexity index is 627. The largest absolute Gasteiger partial charge is 0.493 e. The number of methoxy groups -OCH3 is 2. The molecule has 1 aromatic rings. The molecule has 1 saturated heterocycles. The van der Waals surface area contributed by atoms with Gasteiger partial charge < -0.3 is 24.8 Å². The highest BCUT2D eigenvalue weighted by Crippen LogP contribution is 2.36. The van der Waals surface area contributed by atoms with E-state index in [1.165, 1.54) is 0 Å². The third-order valence-corrected chi connectivity index (χ3v) is 5.08. The summed E-state index contributed by atoms with van der Waals surface area (Å²) in [6.07, 6.45) is 0. The Morgan fingerprint density at radius 1 is 1.25 bits per heavy atom. The highest BCUT2D eigenvalue weighted by atomic mass is 127. The Balaban J connectivity index is 0.00000392. The Hall–Kier alpha value is -0.780. The molecule has 9 heteroatoms. The minimum Gasteiger partial charge on any atom is -0.493 e. The normalized spacial score (nSPS) is 16.1. The number of nitrogens with one attached hydrogen (secondary N) is 2. The van der Waals surface area contributed by atoms with Gasteiger partial charge in [-0.2, -0.15) is 0 Å². The lowest BCUT2D eigenvalue weighted by atomic mass is 10.2. The van der Waals surface area contributed by atoms with E-state index in [0.717, 1.165) is 55.4 Å². The van der Waals surface area contributed by atoms with Crippen LogP contribution in [0.1, 0.15) is 19.4 Å². The second kappa shape index (κ2) is 13.4. The van der Waals surface area contributed by atoms with Gasteiger partial charge in [-0.3, -0.25) is 4.90 Å². The van der Waals surface area contributed by atoms with Crippen molar-refractivity contribution in [1.82, 2.24) is 15.5 Å². The van der Waals surface area contributed by atoms with Gasteiger partial charge in [-0.1, -0.05) is 0 Å². The zero-order valence-corrected chi connectivity index (χ0v) is 21.0. The first-order valence-corrected chi connectivity index (χ1v) is 10.1. The van der Waals surface area contributed by atoms with Gasteiger partial charge in [0.15, 0.2) is 17.5 Å². The fourth-order valence-corrected chi connectivity index (χ4v) is 3.62. The summed E-state index contributed by atoms with van der Waals surface area (Å²) in [7, 11) is 3.26. The minimum absolute atomic E-state index is 0. The Labute approximate surface area is 193 Å². The van der Waals surface area contributed by atoms with Gasteiger partial charge in [0.05, 0.1) is 38.5 Å². The first-order chi connectivity index (χ1) is 13.1. The molecule has 1 aliphatic heterocycles. The molecular formula is C19H32BrIN4O3. The van der Waals surface area contributed by atoms with Crippen molar-refractivity contribution in [3.8, 4) is 11.5 Å². The van der Waals surface area contributed by atoms with Crippen LogP contribution in [0.15, 0.2) is 21.6 Å². The van der Waals surface area contributed by atoms with E-state index >= 15 is 0 Å². The molecular weight excluding hydrogens is 539 g/mol. The molecule has 28 heavy (non-hydrogen) atoms. The van der Waals surface area contributed by atoms with Crippen molar-refractivity contribution in [2.24, 2.45) is 4.99 Å². The number of benzene rings is 1. The van der Waals surface area contributed by atoms with Gasteiger partial charge in [-0.15, -0.1) is 24.0 Å². The molecule has 0 aliphatic carbocycles. The van der Waals surface area contributed by atoms with E-state index in [0.29, 0.717) is 24.1 Å². The fraction of sp³-hybridized carbons (Fsp3) is 0.632. The van der Waals surface area contributed by atoms with E-state index < -0.39 is 0 Å². The predicted molar refractivity (Wildman–Crippen MR) is 127 cm³/mol. The lowest BCUT2D eigenvalue weighted by Crippen LogP contribution is -2.49. The number of ether oxygens (including phenoxy) is 3. The van der Waals surface area contributed by atoms with Gasteiger partial charge in [0, 0.05) is 32.2 Å². The summed E-state index contributed by atoms with van der Waals surface area (Å²) in [5.74, 6) is 2.19. The molecule has 0 radical (unpaired) electrons. The summed E-state index contributed by atoms with van der Waals surface area (Å²) in [5.41, 5.74) is 1.04. The topological polar surface area (TPSA) is 67.4 Å². The first-order valence-electron chi connectivity index (χ1n) is 9.33. The number of morpholine rings is 1. The molecule has 0 bridgehead atoms. The third-order valence-electron chi connectivity index (χ3n) is 4.49. The third kappa shape index (κ3) is 7.57. The van der Waals surface area contributed by atoms with Crippen molar-refractivity contribution in [2.45, 2.75) is 26.4 Å². The SMILES string of the molecule is CCNC(=NCc1cc(Br)c(OC)c(OC)c1)NCC(C)N1CCOCC1.I. The number of rotatable bonds is 8. The van der Waals surface area contributed by atoms with Crippen LogP contribution in [-0.2, 0) is 11.3 Å². The molecule has 0 amide bonds. The maximum Gasteiger partial charge on any atom is 0.191 e. The number of nitrogens with zero attached hydrogens (tertiary/aromatic N) is 2. The smallest absolute Gasteiger partial charge is 0.191 e. The van der Waals surface area contributed by atoms with E-state index in [1.54, 1.807) is 14.2 Å². The predicted octanol–water partition coefficient (Wildman–Crippen LogP) is 2.86. The van der Waals surface area contributed by atoms with Crippen LogP contribution < -0.4 is 20.1 Å². The van der Waals surface area contributed by atoms with Gasteiger partial charge in [-0.05, 0) is 47.5 Å². The van der Waals surface area contributed by atoms with Crippen molar-refractivity contribution in [3.05, 3.63) is 22.2 Å². The summed E-state index contributed by atoms with van der Waals surface area (Å²) in [5, 5.41) is 6.75. The van der Waals surface area contributed by atoms with Crippen LogP contribution >= 0.6 is 39.9 Å². The molecule has 7 nitrogen and oxygen atoms in total. The summed E-state index contributed by atoms with van der Waals surface area (Å²) < 4.78 is 17.1.